The van der Waals surface area contributed by atoms with Gasteiger partial charge in [-0.05, 0) is 61.2 Å². The van der Waals surface area contributed by atoms with E-state index in [9.17, 15) is 13.7 Å². The molecule has 0 atom stereocenters. The Labute approximate surface area is 233 Å². The van der Waals surface area contributed by atoms with Gasteiger partial charge in [0.1, 0.15) is 17.6 Å². The van der Waals surface area contributed by atoms with Crippen molar-refractivity contribution in [1.29, 1.82) is 5.26 Å². The lowest BCUT2D eigenvalue weighted by atomic mass is 10.0. The summed E-state index contributed by atoms with van der Waals surface area (Å²) in [5, 5.41) is 14.9. The number of hydrogen-bond donors (Lipinski definition) is 1. The first-order chi connectivity index (χ1) is 19.4. The van der Waals surface area contributed by atoms with Crippen molar-refractivity contribution in [2.75, 3.05) is 13.1 Å². The first-order valence-corrected chi connectivity index (χ1v) is 14.7. The van der Waals surface area contributed by atoms with E-state index in [1.165, 1.54) is 0 Å². The van der Waals surface area contributed by atoms with Crippen molar-refractivity contribution in [2.24, 2.45) is 5.92 Å². The quantitative estimate of drug-likeness (QED) is 0.266. The van der Waals surface area contributed by atoms with E-state index < -0.39 is 10.0 Å². The number of nitriles is 1. The van der Waals surface area contributed by atoms with Gasteiger partial charge >= 0.3 is 0 Å². The molecule has 1 saturated heterocycles. The lowest BCUT2D eigenvalue weighted by molar-refractivity contribution is 0.288. The summed E-state index contributed by atoms with van der Waals surface area (Å²) in [4.78, 5) is 8.05. The van der Waals surface area contributed by atoms with Gasteiger partial charge in [0.05, 0.1) is 27.2 Å². The number of nitrogens with zero attached hydrogens (tertiary/aromatic N) is 5. The summed E-state index contributed by atoms with van der Waals surface area (Å²) in [6.45, 7) is 3.20. The summed E-state index contributed by atoms with van der Waals surface area (Å²) in [7, 11) is -3.64. The zero-order valence-corrected chi connectivity index (χ0v) is 22.8. The SMILES string of the molecule is CC1CCN(S(=O)(=O)c2cccc(-c3nn(-c4ccccc4)cc3/C=C(/C#N)c3nc4ccccc4[nH]3)c2)CC1. The summed E-state index contributed by atoms with van der Waals surface area (Å²) in [5.74, 6) is 0.980. The number of imidazole rings is 1. The molecule has 6 rings (SSSR count). The Hall–Kier alpha value is -4.52. The van der Waals surface area contributed by atoms with Crippen molar-refractivity contribution < 1.29 is 8.42 Å². The van der Waals surface area contributed by atoms with Gasteiger partial charge in [0, 0.05) is 30.4 Å². The molecule has 200 valence electrons. The number of rotatable bonds is 6. The maximum atomic E-state index is 13.5. The van der Waals surface area contributed by atoms with Crippen LogP contribution in [-0.4, -0.2) is 45.6 Å². The van der Waals surface area contributed by atoms with Crippen LogP contribution in [0.2, 0.25) is 0 Å². The molecule has 1 fully saturated rings. The fraction of sp³-hybridized carbons (Fsp3) is 0.194. The zero-order valence-electron chi connectivity index (χ0n) is 22.0. The minimum Gasteiger partial charge on any atom is -0.337 e. The molecule has 9 heteroatoms. The molecule has 1 aliphatic rings. The Bertz CT molecular complexity index is 1820. The van der Waals surface area contributed by atoms with Crippen LogP contribution in [0.1, 0.15) is 31.2 Å². The number of nitrogens with one attached hydrogen (secondary N) is 1. The number of hydrogen-bond acceptors (Lipinski definition) is 5. The van der Waals surface area contributed by atoms with Gasteiger partial charge in [-0.1, -0.05) is 49.4 Å². The summed E-state index contributed by atoms with van der Waals surface area (Å²) in [5.41, 5.74) is 4.68. The van der Waals surface area contributed by atoms with Gasteiger partial charge < -0.3 is 4.98 Å². The topological polar surface area (TPSA) is 108 Å². The molecule has 0 saturated carbocycles. The summed E-state index contributed by atoms with van der Waals surface area (Å²) in [6, 6.07) is 26.4. The van der Waals surface area contributed by atoms with Crippen molar-refractivity contribution in [3.05, 3.63) is 96.4 Å². The second kappa shape index (κ2) is 10.6. The van der Waals surface area contributed by atoms with Crippen LogP contribution in [0.4, 0.5) is 0 Å². The van der Waals surface area contributed by atoms with Gasteiger partial charge in [-0.15, -0.1) is 0 Å². The number of piperidine rings is 1. The third kappa shape index (κ3) is 4.95. The van der Waals surface area contributed by atoms with Gasteiger partial charge in [0.2, 0.25) is 10.0 Å². The van der Waals surface area contributed by atoms with Crippen molar-refractivity contribution in [3.8, 4) is 23.0 Å². The smallest absolute Gasteiger partial charge is 0.243 e. The Kier molecular flexibility index (Phi) is 6.80. The second-order valence-electron chi connectivity index (χ2n) is 10.1. The van der Waals surface area contributed by atoms with Crippen LogP contribution in [0, 0.1) is 17.2 Å². The van der Waals surface area contributed by atoms with Crippen LogP contribution < -0.4 is 0 Å². The summed E-state index contributed by atoms with van der Waals surface area (Å²) < 4.78 is 30.3. The average molecular weight is 549 g/mol. The number of aromatic nitrogens is 4. The molecule has 0 radical (unpaired) electrons. The highest BCUT2D eigenvalue weighted by atomic mass is 32.2. The maximum Gasteiger partial charge on any atom is 0.243 e. The van der Waals surface area contributed by atoms with Gasteiger partial charge in [-0.25, -0.2) is 18.1 Å². The van der Waals surface area contributed by atoms with Crippen LogP contribution in [-0.2, 0) is 10.0 Å². The van der Waals surface area contributed by atoms with Crippen molar-refractivity contribution >= 4 is 32.7 Å². The summed E-state index contributed by atoms with van der Waals surface area (Å²) in [6.07, 6.45) is 5.30. The van der Waals surface area contributed by atoms with Crippen LogP contribution in [0.25, 0.3) is 39.6 Å². The minimum absolute atomic E-state index is 0.238. The number of fused-ring (bicyclic) bond motifs is 1. The number of aromatic amines is 1. The number of sulfonamides is 1. The first-order valence-electron chi connectivity index (χ1n) is 13.2. The monoisotopic (exact) mass is 548 g/mol. The highest BCUT2D eigenvalue weighted by molar-refractivity contribution is 7.89. The highest BCUT2D eigenvalue weighted by Gasteiger charge is 2.28. The van der Waals surface area contributed by atoms with Gasteiger partial charge in [0.15, 0.2) is 0 Å². The first kappa shape index (κ1) is 25.7. The van der Waals surface area contributed by atoms with E-state index in [0.717, 1.165) is 29.6 Å². The Morgan fingerprint density at radius 2 is 1.77 bits per heavy atom. The van der Waals surface area contributed by atoms with Gasteiger partial charge in [0.25, 0.3) is 0 Å². The Morgan fingerprint density at radius 1 is 1.02 bits per heavy atom. The number of allylic oxidation sites excluding steroid dienone is 1. The molecule has 1 N–H and O–H groups in total. The predicted molar refractivity (Wildman–Crippen MR) is 156 cm³/mol. The van der Waals surface area contributed by atoms with E-state index in [0.29, 0.717) is 47.2 Å². The fourth-order valence-electron chi connectivity index (χ4n) is 5.00. The van der Waals surface area contributed by atoms with E-state index >= 15 is 0 Å². The van der Waals surface area contributed by atoms with Gasteiger partial charge in [-0.2, -0.15) is 14.7 Å². The lowest BCUT2D eigenvalue weighted by Crippen LogP contribution is -2.37. The number of para-hydroxylation sites is 3. The molecule has 40 heavy (non-hydrogen) atoms. The fourth-order valence-corrected chi connectivity index (χ4v) is 6.51. The number of H-pyrrole nitrogens is 1. The second-order valence-corrected chi connectivity index (χ2v) is 12.0. The molecule has 0 amide bonds. The third-order valence-electron chi connectivity index (χ3n) is 7.32. The van der Waals surface area contributed by atoms with E-state index in [1.54, 1.807) is 33.3 Å². The molecule has 0 spiro atoms. The maximum absolute atomic E-state index is 13.5. The molecule has 3 aromatic carbocycles. The molecule has 0 bridgehead atoms. The molecular formula is C31H28N6O2S. The van der Waals surface area contributed by atoms with Crippen molar-refractivity contribution in [2.45, 2.75) is 24.7 Å². The van der Waals surface area contributed by atoms with Crippen LogP contribution in [0.15, 0.2) is 90.0 Å². The highest BCUT2D eigenvalue weighted by Crippen LogP contribution is 2.31. The molecule has 2 aromatic heterocycles. The molecule has 1 aliphatic heterocycles. The molecular weight excluding hydrogens is 520 g/mol. The molecule has 8 nitrogen and oxygen atoms in total. The van der Waals surface area contributed by atoms with E-state index in [1.807, 2.05) is 66.9 Å². The standard InChI is InChI=1S/C31H28N6O2S/c1-22-14-16-36(17-15-22)40(38,39)27-11-7-8-23(19-27)30-25(21-37(35-30)26-9-3-2-4-10-26)18-24(20-32)31-33-28-12-5-6-13-29(28)34-31/h2-13,18-19,21-22H,14-17H2,1H3,(H,33,34)/b24-18-. The predicted octanol–water partition coefficient (Wildman–Crippen LogP) is 5.90. The minimum atomic E-state index is -3.64. The zero-order chi connectivity index (χ0) is 27.7. The van der Waals surface area contributed by atoms with Crippen molar-refractivity contribution in [3.63, 3.8) is 0 Å². The van der Waals surface area contributed by atoms with Gasteiger partial charge in [-0.3, -0.25) is 0 Å². The summed E-state index contributed by atoms with van der Waals surface area (Å²) >= 11 is 0. The molecule has 0 unspecified atom stereocenters. The Balaban J connectivity index is 1.45. The molecule has 0 aliphatic carbocycles. The average Bonchev–Trinajstić information content (AvgIpc) is 3.61. The van der Waals surface area contributed by atoms with Crippen LogP contribution >= 0.6 is 0 Å². The van der Waals surface area contributed by atoms with E-state index in [2.05, 4.69) is 23.0 Å². The largest absolute Gasteiger partial charge is 0.337 e. The normalized spacial score (nSPS) is 15.3. The van der Waals surface area contributed by atoms with Crippen LogP contribution in [0.5, 0.6) is 0 Å². The van der Waals surface area contributed by atoms with E-state index in [-0.39, 0.29) is 4.90 Å². The lowest BCUT2D eigenvalue weighted by Gasteiger charge is -2.29. The third-order valence-corrected chi connectivity index (χ3v) is 9.21. The molecule has 5 aromatic rings. The number of benzene rings is 3. The Morgan fingerprint density at radius 3 is 2.52 bits per heavy atom. The molecule has 3 heterocycles. The van der Waals surface area contributed by atoms with Crippen molar-refractivity contribution in [1.82, 2.24) is 24.1 Å². The van der Waals surface area contributed by atoms with Crippen LogP contribution in [0.3, 0.4) is 0 Å². The van der Waals surface area contributed by atoms with E-state index in [4.69, 9.17) is 5.10 Å².